The molecule has 1 aromatic carbocycles. The Balaban J connectivity index is 2.19. The van der Waals surface area contributed by atoms with Crippen LogP contribution in [0.25, 0.3) is 0 Å². The minimum absolute atomic E-state index is 0.659. The normalized spacial score (nSPS) is 10.8. The Labute approximate surface area is 112 Å². The molecule has 0 saturated heterocycles. The molecule has 17 heavy (non-hydrogen) atoms. The number of rotatable bonds is 4. The second-order valence-electron chi connectivity index (χ2n) is 3.49. The summed E-state index contributed by atoms with van der Waals surface area (Å²) in [5.74, 6) is 0. The molecular formula is C10H12BrN5S. The Morgan fingerprint density at radius 1 is 1.47 bits per heavy atom. The molecule has 0 aliphatic rings. The lowest BCUT2D eigenvalue weighted by Gasteiger charge is -2.05. The van der Waals surface area contributed by atoms with Crippen LogP contribution in [0.1, 0.15) is 5.56 Å². The third-order valence-corrected chi connectivity index (χ3v) is 4.23. The van der Waals surface area contributed by atoms with Crippen molar-refractivity contribution in [3.63, 3.8) is 0 Å². The Hall–Kier alpha value is -0.920. The van der Waals surface area contributed by atoms with E-state index >= 15 is 0 Å². The Morgan fingerprint density at radius 3 is 2.88 bits per heavy atom. The first-order valence-electron chi connectivity index (χ1n) is 5.09. The molecule has 0 radical (unpaired) electrons. The Bertz CT molecular complexity index is 513. The number of halogens is 1. The summed E-state index contributed by atoms with van der Waals surface area (Å²) in [5, 5.41) is 12.1. The predicted molar refractivity (Wildman–Crippen MR) is 69.8 cm³/mol. The first kappa shape index (κ1) is 12.5. The van der Waals surface area contributed by atoms with Crippen molar-refractivity contribution in [2.24, 2.45) is 12.8 Å². The third kappa shape index (κ3) is 3.05. The van der Waals surface area contributed by atoms with Crippen LogP contribution in [0.2, 0.25) is 0 Å². The van der Waals surface area contributed by atoms with Crippen LogP contribution < -0.4 is 5.73 Å². The topological polar surface area (TPSA) is 69.6 Å². The van der Waals surface area contributed by atoms with Gasteiger partial charge in [0.2, 0.25) is 5.16 Å². The summed E-state index contributed by atoms with van der Waals surface area (Å²) in [7, 11) is 1.82. The summed E-state index contributed by atoms with van der Waals surface area (Å²) in [6.45, 7) is 0.659. The number of aryl methyl sites for hydroxylation is 1. The molecule has 0 amide bonds. The summed E-state index contributed by atoms with van der Waals surface area (Å²) >= 11 is 5.07. The quantitative estimate of drug-likeness (QED) is 0.929. The highest BCUT2D eigenvalue weighted by Crippen LogP contribution is 2.32. The molecule has 1 aromatic heterocycles. The van der Waals surface area contributed by atoms with Crippen molar-refractivity contribution in [1.82, 2.24) is 20.2 Å². The zero-order valence-electron chi connectivity index (χ0n) is 9.30. The maximum atomic E-state index is 5.53. The Morgan fingerprint density at radius 2 is 2.29 bits per heavy atom. The number of aromatic nitrogens is 4. The Kier molecular flexibility index (Phi) is 4.14. The van der Waals surface area contributed by atoms with E-state index in [0.717, 1.165) is 20.9 Å². The van der Waals surface area contributed by atoms with Gasteiger partial charge in [-0.2, -0.15) is 0 Å². The average Bonchev–Trinajstić information content (AvgIpc) is 2.69. The predicted octanol–water partition coefficient (Wildman–Crippen LogP) is 1.62. The molecule has 90 valence electrons. The fourth-order valence-corrected chi connectivity index (χ4v) is 2.76. The molecule has 0 saturated carbocycles. The van der Waals surface area contributed by atoms with Crippen LogP contribution in [0.4, 0.5) is 0 Å². The lowest BCUT2D eigenvalue weighted by Crippen LogP contribution is -2.02. The molecule has 2 rings (SSSR count). The van der Waals surface area contributed by atoms with Gasteiger partial charge in [0.1, 0.15) is 0 Å². The van der Waals surface area contributed by atoms with Crippen molar-refractivity contribution in [3.05, 3.63) is 28.2 Å². The maximum Gasteiger partial charge on any atom is 0.213 e. The van der Waals surface area contributed by atoms with E-state index in [2.05, 4.69) is 49.7 Å². The van der Waals surface area contributed by atoms with Gasteiger partial charge >= 0.3 is 0 Å². The van der Waals surface area contributed by atoms with E-state index < -0.39 is 0 Å². The summed E-state index contributed by atoms with van der Waals surface area (Å²) in [6, 6.07) is 6.21. The van der Waals surface area contributed by atoms with Crippen LogP contribution >= 0.6 is 27.7 Å². The van der Waals surface area contributed by atoms with Crippen LogP contribution in [0.3, 0.4) is 0 Å². The summed E-state index contributed by atoms with van der Waals surface area (Å²) in [4.78, 5) is 1.09. The van der Waals surface area contributed by atoms with E-state index in [4.69, 9.17) is 5.73 Å². The van der Waals surface area contributed by atoms with Gasteiger partial charge in [0, 0.05) is 16.4 Å². The highest BCUT2D eigenvalue weighted by Gasteiger charge is 2.08. The van der Waals surface area contributed by atoms with Crippen LogP contribution in [-0.2, 0) is 13.5 Å². The first-order chi connectivity index (χ1) is 8.20. The number of nitrogens with two attached hydrogens (primary N) is 1. The van der Waals surface area contributed by atoms with Gasteiger partial charge in [0.25, 0.3) is 0 Å². The number of benzene rings is 1. The number of hydrogen-bond donors (Lipinski definition) is 1. The van der Waals surface area contributed by atoms with Gasteiger partial charge in [0.05, 0.1) is 0 Å². The van der Waals surface area contributed by atoms with Crippen molar-refractivity contribution >= 4 is 27.7 Å². The summed E-state index contributed by atoms with van der Waals surface area (Å²) < 4.78 is 2.68. The molecule has 0 aliphatic carbocycles. The molecule has 2 N–H and O–H groups in total. The maximum absolute atomic E-state index is 5.53. The van der Waals surface area contributed by atoms with Gasteiger partial charge in [-0.3, -0.25) is 0 Å². The van der Waals surface area contributed by atoms with Gasteiger partial charge < -0.3 is 5.73 Å². The van der Waals surface area contributed by atoms with Crippen molar-refractivity contribution < 1.29 is 0 Å². The van der Waals surface area contributed by atoms with Crippen molar-refractivity contribution in [3.8, 4) is 0 Å². The standard InChI is InChI=1S/C10H12BrN5S/c1-16-10(13-14-15-16)17-9-3-2-7(4-5-12)6-8(9)11/h2-3,6H,4-5,12H2,1H3. The second-order valence-corrected chi connectivity index (χ2v) is 5.35. The van der Waals surface area contributed by atoms with E-state index in [1.807, 2.05) is 7.05 Å². The SMILES string of the molecule is Cn1nnnc1Sc1ccc(CCN)cc1Br. The van der Waals surface area contributed by atoms with E-state index in [1.165, 1.54) is 17.3 Å². The zero-order valence-corrected chi connectivity index (χ0v) is 11.7. The summed E-state index contributed by atoms with van der Waals surface area (Å²) in [6.07, 6.45) is 0.884. The van der Waals surface area contributed by atoms with E-state index in [0.29, 0.717) is 6.54 Å². The van der Waals surface area contributed by atoms with Crippen molar-refractivity contribution in [1.29, 1.82) is 0 Å². The van der Waals surface area contributed by atoms with Gasteiger partial charge in [-0.05, 0) is 68.8 Å². The summed E-state index contributed by atoms with van der Waals surface area (Å²) in [5.41, 5.74) is 6.75. The van der Waals surface area contributed by atoms with E-state index in [9.17, 15) is 0 Å². The number of nitrogens with zero attached hydrogens (tertiary/aromatic N) is 4. The molecule has 0 spiro atoms. The van der Waals surface area contributed by atoms with Crippen molar-refractivity contribution in [2.75, 3.05) is 6.54 Å². The number of tetrazole rings is 1. The second kappa shape index (κ2) is 5.61. The fourth-order valence-electron chi connectivity index (χ4n) is 1.36. The smallest absolute Gasteiger partial charge is 0.213 e. The lowest BCUT2D eigenvalue weighted by molar-refractivity contribution is 0.664. The largest absolute Gasteiger partial charge is 0.330 e. The fraction of sp³-hybridized carbons (Fsp3) is 0.300. The molecule has 0 fully saturated rings. The van der Waals surface area contributed by atoms with Gasteiger partial charge in [-0.15, -0.1) is 5.10 Å². The van der Waals surface area contributed by atoms with Gasteiger partial charge in [-0.25, -0.2) is 4.68 Å². The minimum atomic E-state index is 0.659. The number of hydrogen-bond acceptors (Lipinski definition) is 5. The molecule has 0 bridgehead atoms. The first-order valence-corrected chi connectivity index (χ1v) is 6.70. The van der Waals surface area contributed by atoms with Crippen LogP contribution in [0.5, 0.6) is 0 Å². The molecule has 1 heterocycles. The monoisotopic (exact) mass is 313 g/mol. The van der Waals surface area contributed by atoms with Gasteiger partial charge in [-0.1, -0.05) is 6.07 Å². The molecular weight excluding hydrogens is 302 g/mol. The van der Waals surface area contributed by atoms with Crippen LogP contribution in [-0.4, -0.2) is 26.8 Å². The van der Waals surface area contributed by atoms with Gasteiger partial charge in [0.15, 0.2) is 0 Å². The van der Waals surface area contributed by atoms with E-state index in [-0.39, 0.29) is 0 Å². The molecule has 5 nitrogen and oxygen atoms in total. The lowest BCUT2D eigenvalue weighted by atomic mass is 10.2. The highest BCUT2D eigenvalue weighted by atomic mass is 79.9. The van der Waals surface area contributed by atoms with Crippen LogP contribution in [0.15, 0.2) is 32.7 Å². The molecule has 0 aliphatic heterocycles. The molecule has 0 unspecified atom stereocenters. The zero-order chi connectivity index (χ0) is 12.3. The van der Waals surface area contributed by atoms with Crippen molar-refractivity contribution in [2.45, 2.75) is 16.5 Å². The average molecular weight is 314 g/mol. The highest BCUT2D eigenvalue weighted by molar-refractivity contribution is 9.10. The third-order valence-electron chi connectivity index (χ3n) is 2.21. The molecule has 2 aromatic rings. The minimum Gasteiger partial charge on any atom is -0.330 e. The molecule has 0 atom stereocenters. The molecule has 7 heteroatoms. The van der Waals surface area contributed by atoms with Crippen LogP contribution in [0, 0.1) is 0 Å². The van der Waals surface area contributed by atoms with E-state index in [1.54, 1.807) is 4.68 Å².